The third-order valence-electron chi connectivity index (χ3n) is 2.16. The molecule has 0 heterocycles. The molecule has 0 aliphatic heterocycles. The SMILES string of the molecule is CN(CCNS(N)(=O)=O)Cc1ccc(F)cc1. The molecule has 0 amide bonds. The van der Waals surface area contributed by atoms with Gasteiger partial charge in [0.15, 0.2) is 0 Å². The summed E-state index contributed by atoms with van der Waals surface area (Å²) in [6, 6.07) is 6.18. The number of halogens is 1. The largest absolute Gasteiger partial charge is 0.301 e. The fourth-order valence-corrected chi connectivity index (χ4v) is 1.74. The van der Waals surface area contributed by atoms with Crippen LogP contribution in [-0.4, -0.2) is 33.5 Å². The molecule has 0 unspecified atom stereocenters. The summed E-state index contributed by atoms with van der Waals surface area (Å²) in [6.45, 7) is 1.39. The molecule has 0 bridgehead atoms. The minimum atomic E-state index is -3.62. The van der Waals surface area contributed by atoms with Crippen molar-refractivity contribution in [1.29, 1.82) is 0 Å². The van der Waals surface area contributed by atoms with Gasteiger partial charge in [0.05, 0.1) is 0 Å². The van der Waals surface area contributed by atoms with Gasteiger partial charge < -0.3 is 4.90 Å². The lowest BCUT2D eigenvalue weighted by atomic mass is 10.2. The third kappa shape index (κ3) is 6.32. The number of hydrogen-bond acceptors (Lipinski definition) is 3. The molecule has 5 nitrogen and oxygen atoms in total. The molecule has 0 aliphatic rings. The van der Waals surface area contributed by atoms with Crippen LogP contribution < -0.4 is 9.86 Å². The molecule has 1 aromatic carbocycles. The van der Waals surface area contributed by atoms with E-state index in [4.69, 9.17) is 5.14 Å². The van der Waals surface area contributed by atoms with E-state index in [0.29, 0.717) is 13.1 Å². The van der Waals surface area contributed by atoms with Gasteiger partial charge >= 0.3 is 0 Å². The third-order valence-corrected chi connectivity index (χ3v) is 2.77. The van der Waals surface area contributed by atoms with Gasteiger partial charge in [-0.2, -0.15) is 8.42 Å². The number of likely N-dealkylation sites (N-methyl/N-ethyl adjacent to an activating group) is 1. The van der Waals surface area contributed by atoms with Crippen LogP contribution in [0.15, 0.2) is 24.3 Å². The van der Waals surface area contributed by atoms with Crippen molar-refractivity contribution in [2.75, 3.05) is 20.1 Å². The smallest absolute Gasteiger partial charge is 0.274 e. The highest BCUT2D eigenvalue weighted by atomic mass is 32.2. The lowest BCUT2D eigenvalue weighted by molar-refractivity contribution is 0.332. The lowest BCUT2D eigenvalue weighted by Gasteiger charge is -2.16. The van der Waals surface area contributed by atoms with Crippen molar-refractivity contribution in [3.63, 3.8) is 0 Å². The first-order valence-electron chi connectivity index (χ1n) is 5.07. The summed E-state index contributed by atoms with van der Waals surface area (Å²) in [5, 5.41) is 4.79. The van der Waals surface area contributed by atoms with Crippen LogP contribution in [0, 0.1) is 5.82 Å². The van der Waals surface area contributed by atoms with Crippen LogP contribution in [0.1, 0.15) is 5.56 Å². The Morgan fingerprint density at radius 2 is 1.94 bits per heavy atom. The van der Waals surface area contributed by atoms with Crippen LogP contribution in [-0.2, 0) is 16.8 Å². The summed E-state index contributed by atoms with van der Waals surface area (Å²) in [6.07, 6.45) is 0. The van der Waals surface area contributed by atoms with Crippen LogP contribution in [0.3, 0.4) is 0 Å². The number of nitrogens with zero attached hydrogens (tertiary/aromatic N) is 1. The fourth-order valence-electron chi connectivity index (χ4n) is 1.36. The van der Waals surface area contributed by atoms with Crippen molar-refractivity contribution in [3.8, 4) is 0 Å². The minimum absolute atomic E-state index is 0.247. The molecule has 17 heavy (non-hydrogen) atoms. The zero-order chi connectivity index (χ0) is 12.9. The molecular weight excluding hydrogens is 245 g/mol. The molecule has 0 saturated heterocycles. The predicted octanol–water partition coefficient (Wildman–Crippen LogP) is 0.0506. The molecule has 3 N–H and O–H groups in total. The minimum Gasteiger partial charge on any atom is -0.301 e. The van der Waals surface area contributed by atoms with E-state index in [2.05, 4.69) is 4.72 Å². The predicted molar refractivity (Wildman–Crippen MR) is 63.8 cm³/mol. The van der Waals surface area contributed by atoms with E-state index in [1.807, 2.05) is 11.9 Å². The molecule has 0 aromatic heterocycles. The maximum absolute atomic E-state index is 12.7. The Morgan fingerprint density at radius 1 is 1.35 bits per heavy atom. The van der Waals surface area contributed by atoms with Crippen molar-refractivity contribution in [2.45, 2.75) is 6.54 Å². The van der Waals surface area contributed by atoms with Gasteiger partial charge in [0.25, 0.3) is 10.2 Å². The zero-order valence-electron chi connectivity index (χ0n) is 9.56. The van der Waals surface area contributed by atoms with Gasteiger partial charge in [0.2, 0.25) is 0 Å². The number of rotatable bonds is 6. The van der Waals surface area contributed by atoms with Crippen molar-refractivity contribution >= 4 is 10.2 Å². The van der Waals surface area contributed by atoms with E-state index in [1.54, 1.807) is 12.1 Å². The average molecular weight is 261 g/mol. The van der Waals surface area contributed by atoms with Gasteiger partial charge in [-0.05, 0) is 24.7 Å². The summed E-state index contributed by atoms with van der Waals surface area (Å²) in [4.78, 5) is 1.91. The molecule has 96 valence electrons. The molecule has 7 heteroatoms. The van der Waals surface area contributed by atoms with E-state index < -0.39 is 10.2 Å². The molecule has 1 aromatic rings. The molecule has 0 radical (unpaired) electrons. The Labute approximate surface area is 101 Å². The zero-order valence-corrected chi connectivity index (χ0v) is 10.4. The maximum Gasteiger partial charge on any atom is 0.274 e. The summed E-state index contributed by atoms with van der Waals surface area (Å²) in [5.41, 5.74) is 0.963. The Morgan fingerprint density at radius 3 is 2.47 bits per heavy atom. The lowest BCUT2D eigenvalue weighted by Crippen LogP contribution is -2.36. The average Bonchev–Trinajstić information content (AvgIpc) is 2.19. The van der Waals surface area contributed by atoms with E-state index in [-0.39, 0.29) is 12.4 Å². The highest BCUT2D eigenvalue weighted by Gasteiger charge is 2.03. The highest BCUT2D eigenvalue weighted by molar-refractivity contribution is 7.87. The van der Waals surface area contributed by atoms with Crippen LogP contribution in [0.25, 0.3) is 0 Å². The maximum atomic E-state index is 12.7. The monoisotopic (exact) mass is 261 g/mol. The fraction of sp³-hybridized carbons (Fsp3) is 0.400. The highest BCUT2D eigenvalue weighted by Crippen LogP contribution is 2.04. The molecule has 1 rings (SSSR count). The van der Waals surface area contributed by atoms with Gasteiger partial charge in [-0.1, -0.05) is 12.1 Å². The first kappa shape index (κ1) is 14.0. The normalized spacial score (nSPS) is 12.0. The molecule has 0 fully saturated rings. The Balaban J connectivity index is 2.34. The summed E-state index contributed by atoms with van der Waals surface area (Å²) < 4.78 is 36.1. The Kier molecular flexibility index (Phi) is 5.01. The number of nitrogens with two attached hydrogens (primary N) is 1. The number of benzene rings is 1. The second-order valence-electron chi connectivity index (χ2n) is 3.80. The summed E-state index contributed by atoms with van der Waals surface area (Å²) >= 11 is 0. The summed E-state index contributed by atoms with van der Waals surface area (Å²) in [7, 11) is -1.78. The van der Waals surface area contributed by atoms with Crippen LogP contribution in [0.2, 0.25) is 0 Å². The van der Waals surface area contributed by atoms with E-state index >= 15 is 0 Å². The van der Waals surface area contributed by atoms with Crippen LogP contribution >= 0.6 is 0 Å². The second kappa shape index (κ2) is 6.06. The molecule has 0 atom stereocenters. The number of hydrogen-bond donors (Lipinski definition) is 2. The van der Waals surface area contributed by atoms with Gasteiger partial charge in [-0.25, -0.2) is 14.3 Å². The van der Waals surface area contributed by atoms with Crippen molar-refractivity contribution < 1.29 is 12.8 Å². The number of nitrogens with one attached hydrogen (secondary N) is 1. The molecule has 0 aliphatic carbocycles. The van der Waals surface area contributed by atoms with Crippen molar-refractivity contribution in [3.05, 3.63) is 35.6 Å². The van der Waals surface area contributed by atoms with Gasteiger partial charge in [-0.15, -0.1) is 0 Å². The van der Waals surface area contributed by atoms with E-state index in [9.17, 15) is 12.8 Å². The van der Waals surface area contributed by atoms with Gasteiger partial charge in [0, 0.05) is 19.6 Å². The Bertz CT molecular complexity index is 447. The summed E-state index contributed by atoms with van der Waals surface area (Å²) in [5.74, 6) is -0.271. The topological polar surface area (TPSA) is 75.4 Å². The van der Waals surface area contributed by atoms with Crippen LogP contribution in [0.5, 0.6) is 0 Å². The second-order valence-corrected chi connectivity index (χ2v) is 5.18. The molecule has 0 saturated carbocycles. The Hall–Kier alpha value is -1.02. The molecule has 0 spiro atoms. The quantitative estimate of drug-likeness (QED) is 0.760. The van der Waals surface area contributed by atoms with E-state index in [0.717, 1.165) is 5.56 Å². The van der Waals surface area contributed by atoms with Crippen LogP contribution in [0.4, 0.5) is 4.39 Å². The first-order chi connectivity index (χ1) is 7.87. The van der Waals surface area contributed by atoms with E-state index in [1.165, 1.54) is 12.1 Å². The van der Waals surface area contributed by atoms with Crippen molar-refractivity contribution in [2.24, 2.45) is 5.14 Å². The van der Waals surface area contributed by atoms with Crippen molar-refractivity contribution in [1.82, 2.24) is 9.62 Å². The molecular formula is C10H16FN3O2S. The first-order valence-corrected chi connectivity index (χ1v) is 6.62. The van der Waals surface area contributed by atoms with Gasteiger partial charge in [-0.3, -0.25) is 0 Å². The standard InChI is InChI=1S/C10H16FN3O2S/c1-14(7-6-13-17(12,15)16)8-9-2-4-10(11)5-3-9/h2-5,13H,6-8H2,1H3,(H2,12,15,16). The van der Waals surface area contributed by atoms with Gasteiger partial charge in [0.1, 0.15) is 5.82 Å².